The Hall–Kier alpha value is -3.59. The van der Waals surface area contributed by atoms with E-state index in [0.29, 0.717) is 29.4 Å². The molecule has 0 bridgehead atoms. The van der Waals surface area contributed by atoms with Crippen LogP contribution in [0.5, 0.6) is 11.5 Å². The molecule has 158 valence electrons. The lowest BCUT2D eigenvalue weighted by molar-refractivity contribution is -0.387. The van der Waals surface area contributed by atoms with Gasteiger partial charge in [0.05, 0.1) is 24.8 Å². The maximum absolute atomic E-state index is 12.8. The number of methoxy groups -OCH3 is 2. The number of nitro groups is 1. The van der Waals surface area contributed by atoms with Gasteiger partial charge in [-0.2, -0.15) is 0 Å². The Morgan fingerprint density at radius 1 is 1.07 bits per heavy atom. The molecule has 0 aliphatic heterocycles. The Morgan fingerprint density at radius 2 is 1.77 bits per heavy atom. The molecule has 0 aliphatic rings. The minimum absolute atomic E-state index is 0.205. The lowest BCUT2D eigenvalue weighted by Crippen LogP contribution is -2.22. The summed E-state index contributed by atoms with van der Waals surface area (Å²) in [5, 5.41) is 11.7. The van der Waals surface area contributed by atoms with Crippen LogP contribution in [0.3, 0.4) is 0 Å². The molecule has 9 heteroatoms. The minimum Gasteiger partial charge on any atom is -0.497 e. The molecule has 0 atom stereocenters. The number of aromatic nitrogens is 2. The first-order valence-electron chi connectivity index (χ1n) is 9.27. The van der Waals surface area contributed by atoms with E-state index in [0.717, 1.165) is 5.56 Å². The highest BCUT2D eigenvalue weighted by Crippen LogP contribution is 2.26. The molecule has 0 aliphatic carbocycles. The number of ether oxygens (including phenoxy) is 2. The second-order valence-electron chi connectivity index (χ2n) is 6.88. The maximum Gasteiger partial charge on any atom is 0.357 e. The van der Waals surface area contributed by atoms with Crippen molar-refractivity contribution < 1.29 is 14.4 Å². The van der Waals surface area contributed by atoms with E-state index in [1.165, 1.54) is 9.36 Å². The zero-order valence-corrected chi connectivity index (χ0v) is 17.4. The van der Waals surface area contributed by atoms with Crippen molar-refractivity contribution in [3.63, 3.8) is 0 Å². The van der Waals surface area contributed by atoms with Crippen LogP contribution in [0.1, 0.15) is 11.3 Å². The summed E-state index contributed by atoms with van der Waals surface area (Å²) in [6.07, 6.45) is 0. The molecule has 0 fully saturated rings. The second kappa shape index (κ2) is 8.83. The van der Waals surface area contributed by atoms with E-state index < -0.39 is 16.2 Å². The van der Waals surface area contributed by atoms with E-state index in [4.69, 9.17) is 9.47 Å². The molecule has 9 nitrogen and oxygen atoms in total. The fraction of sp³-hybridized carbons (Fsp3) is 0.286. The van der Waals surface area contributed by atoms with Gasteiger partial charge in [-0.25, -0.2) is 4.68 Å². The fourth-order valence-electron chi connectivity index (χ4n) is 3.44. The van der Waals surface area contributed by atoms with Crippen molar-refractivity contribution in [1.29, 1.82) is 0 Å². The van der Waals surface area contributed by atoms with Gasteiger partial charge in [0.25, 0.3) is 0 Å². The number of para-hydroxylation sites is 1. The van der Waals surface area contributed by atoms with Gasteiger partial charge in [-0.3, -0.25) is 24.5 Å². The van der Waals surface area contributed by atoms with Crippen molar-refractivity contribution in [1.82, 2.24) is 14.3 Å². The van der Waals surface area contributed by atoms with E-state index in [9.17, 15) is 14.9 Å². The molecule has 0 amide bonds. The van der Waals surface area contributed by atoms with Crippen molar-refractivity contribution in [2.45, 2.75) is 13.1 Å². The lowest BCUT2D eigenvalue weighted by atomic mass is 10.1. The summed E-state index contributed by atoms with van der Waals surface area (Å²) < 4.78 is 13.5. The molecular formula is C21H24N4O5. The maximum atomic E-state index is 12.8. The molecule has 30 heavy (non-hydrogen) atoms. The topological polar surface area (TPSA) is 91.8 Å². The zero-order valence-electron chi connectivity index (χ0n) is 17.4. The number of rotatable bonds is 8. The molecule has 0 radical (unpaired) electrons. The predicted octanol–water partition coefficient (Wildman–Crippen LogP) is 2.73. The quantitative estimate of drug-likeness (QED) is 0.417. The summed E-state index contributed by atoms with van der Waals surface area (Å²) in [5.41, 5.74) is 0.715. The van der Waals surface area contributed by atoms with E-state index in [1.807, 2.05) is 30.1 Å². The zero-order chi connectivity index (χ0) is 21.8. The van der Waals surface area contributed by atoms with Gasteiger partial charge in [-0.1, -0.05) is 24.3 Å². The van der Waals surface area contributed by atoms with Gasteiger partial charge < -0.3 is 9.47 Å². The van der Waals surface area contributed by atoms with Crippen LogP contribution in [0.15, 0.2) is 53.3 Å². The highest BCUT2D eigenvalue weighted by molar-refractivity contribution is 5.42. The van der Waals surface area contributed by atoms with Crippen molar-refractivity contribution in [2.24, 2.45) is 7.05 Å². The van der Waals surface area contributed by atoms with Gasteiger partial charge in [0.15, 0.2) is 0 Å². The molecule has 0 N–H and O–H groups in total. The van der Waals surface area contributed by atoms with E-state index in [1.54, 1.807) is 51.6 Å². The van der Waals surface area contributed by atoms with E-state index >= 15 is 0 Å². The molecule has 2 aromatic carbocycles. The molecule has 0 saturated carbocycles. The van der Waals surface area contributed by atoms with E-state index in [-0.39, 0.29) is 6.54 Å². The summed E-state index contributed by atoms with van der Waals surface area (Å²) in [6.45, 7) is 0.673. The molecule has 1 heterocycles. The molecule has 0 unspecified atom stereocenters. The predicted molar refractivity (Wildman–Crippen MR) is 112 cm³/mol. The van der Waals surface area contributed by atoms with Crippen LogP contribution in [0.4, 0.5) is 5.69 Å². The highest BCUT2D eigenvalue weighted by Gasteiger charge is 2.29. The third-order valence-corrected chi connectivity index (χ3v) is 4.90. The first-order valence-corrected chi connectivity index (χ1v) is 9.27. The Bertz CT molecular complexity index is 1100. The van der Waals surface area contributed by atoms with Crippen molar-refractivity contribution >= 4 is 5.69 Å². The van der Waals surface area contributed by atoms with Crippen LogP contribution < -0.4 is 15.0 Å². The molecular weight excluding hydrogens is 388 g/mol. The summed E-state index contributed by atoms with van der Waals surface area (Å²) in [5.74, 6) is 1.34. The Kier molecular flexibility index (Phi) is 6.22. The molecule has 1 aromatic heterocycles. The Balaban J connectivity index is 1.95. The lowest BCUT2D eigenvalue weighted by Gasteiger charge is -2.19. The third-order valence-electron chi connectivity index (χ3n) is 4.90. The SMILES string of the molecule is COc1ccc(CN(C)Cc2c([N+](=O)[O-])c(=O)n(-c3ccccc3)n2C)c(OC)c1. The van der Waals surface area contributed by atoms with Gasteiger partial charge in [0, 0.05) is 31.8 Å². The summed E-state index contributed by atoms with van der Waals surface area (Å²) in [4.78, 5) is 25.8. The van der Waals surface area contributed by atoms with Crippen LogP contribution in [-0.2, 0) is 20.1 Å². The first-order chi connectivity index (χ1) is 14.4. The first kappa shape index (κ1) is 21.1. The normalized spacial score (nSPS) is 11.0. The standard InChI is InChI=1S/C21H24N4O5/c1-22(13-15-10-11-17(29-3)12-19(15)30-4)14-18-20(25(27)28)21(26)24(23(18)2)16-8-6-5-7-9-16/h5-12H,13-14H2,1-4H3. The second-order valence-corrected chi connectivity index (χ2v) is 6.88. The van der Waals surface area contributed by atoms with Crippen molar-refractivity contribution in [3.05, 3.63) is 80.3 Å². The number of benzene rings is 2. The number of nitrogens with zero attached hydrogens (tertiary/aromatic N) is 4. The minimum atomic E-state index is -0.654. The van der Waals surface area contributed by atoms with Crippen molar-refractivity contribution in [2.75, 3.05) is 21.3 Å². The summed E-state index contributed by atoms with van der Waals surface area (Å²) in [7, 11) is 6.64. The van der Waals surface area contributed by atoms with Crippen LogP contribution in [0.2, 0.25) is 0 Å². The average Bonchev–Trinajstić information content (AvgIpc) is 2.98. The molecule has 3 aromatic rings. The van der Waals surface area contributed by atoms with Gasteiger partial charge in [0.1, 0.15) is 17.2 Å². The number of hydrogen-bond acceptors (Lipinski definition) is 6. The Morgan fingerprint density at radius 3 is 2.37 bits per heavy atom. The van der Waals surface area contributed by atoms with Gasteiger partial charge in [-0.05, 0) is 25.2 Å². The van der Waals surface area contributed by atoms with Crippen LogP contribution >= 0.6 is 0 Å². The fourth-order valence-corrected chi connectivity index (χ4v) is 3.44. The average molecular weight is 412 g/mol. The Labute approximate surface area is 173 Å². The van der Waals surface area contributed by atoms with Gasteiger partial charge in [-0.15, -0.1) is 0 Å². The molecule has 3 rings (SSSR count). The molecule has 0 spiro atoms. The molecule has 0 saturated heterocycles. The summed E-state index contributed by atoms with van der Waals surface area (Å²) >= 11 is 0. The van der Waals surface area contributed by atoms with Crippen molar-refractivity contribution in [3.8, 4) is 17.2 Å². The van der Waals surface area contributed by atoms with Crippen LogP contribution in [0, 0.1) is 10.1 Å². The van der Waals surface area contributed by atoms with Gasteiger partial charge >= 0.3 is 11.2 Å². The van der Waals surface area contributed by atoms with Crippen LogP contribution in [0.25, 0.3) is 5.69 Å². The number of hydrogen-bond donors (Lipinski definition) is 0. The third kappa shape index (κ3) is 4.06. The van der Waals surface area contributed by atoms with Gasteiger partial charge in [0.2, 0.25) is 0 Å². The monoisotopic (exact) mass is 412 g/mol. The smallest absolute Gasteiger partial charge is 0.357 e. The highest BCUT2D eigenvalue weighted by atomic mass is 16.6. The van der Waals surface area contributed by atoms with Crippen LogP contribution in [-0.4, -0.2) is 40.5 Å². The largest absolute Gasteiger partial charge is 0.497 e. The van der Waals surface area contributed by atoms with E-state index in [2.05, 4.69) is 0 Å². The summed E-state index contributed by atoms with van der Waals surface area (Å²) in [6, 6.07) is 14.4.